The van der Waals surface area contributed by atoms with Crippen molar-refractivity contribution in [2.24, 2.45) is 0 Å². The summed E-state index contributed by atoms with van der Waals surface area (Å²) in [6.45, 7) is 0.629. The normalized spacial score (nSPS) is 12.6. The first-order chi connectivity index (χ1) is 14.0. The fourth-order valence-corrected chi connectivity index (χ4v) is 4.19. The van der Waals surface area contributed by atoms with Gasteiger partial charge in [-0.05, 0) is 66.0 Å². The maximum atomic E-state index is 12.9. The van der Waals surface area contributed by atoms with Gasteiger partial charge in [0.25, 0.3) is 5.91 Å². The largest absolute Gasteiger partial charge is 0.492 e. The predicted molar refractivity (Wildman–Crippen MR) is 116 cm³/mol. The number of anilines is 3. The maximum Gasteiger partial charge on any atom is 0.258 e. The highest BCUT2D eigenvalue weighted by atomic mass is 35.5. The molecule has 148 valence electrons. The van der Waals surface area contributed by atoms with Crippen LogP contribution in [0.3, 0.4) is 0 Å². The molecule has 2 aromatic carbocycles. The summed E-state index contributed by atoms with van der Waals surface area (Å²) in [6, 6.07) is 12.7. The Hall–Kier alpha value is -3.10. The molecule has 1 amide bonds. The summed E-state index contributed by atoms with van der Waals surface area (Å²) in [4.78, 5) is 14.7. The van der Waals surface area contributed by atoms with Crippen LogP contribution < -0.4 is 15.5 Å². The van der Waals surface area contributed by atoms with Gasteiger partial charge in [0.15, 0.2) is 0 Å². The predicted octanol–water partition coefficient (Wildman–Crippen LogP) is 3.99. The van der Waals surface area contributed by atoms with Crippen molar-refractivity contribution >= 4 is 51.3 Å². The van der Waals surface area contributed by atoms with Crippen molar-refractivity contribution in [1.29, 1.82) is 5.41 Å². The maximum absolute atomic E-state index is 12.9. The van der Waals surface area contributed by atoms with E-state index in [1.54, 1.807) is 42.3 Å². The molecule has 0 saturated heterocycles. The fourth-order valence-electron chi connectivity index (χ4n) is 3.28. The number of amidine groups is 1. The number of amides is 1. The van der Waals surface area contributed by atoms with Gasteiger partial charge in [0.2, 0.25) is 5.88 Å². The van der Waals surface area contributed by atoms with Crippen LogP contribution in [-0.2, 0) is 6.42 Å². The first kappa shape index (κ1) is 19.2. The first-order valence-corrected chi connectivity index (χ1v) is 10.1. The van der Waals surface area contributed by atoms with E-state index in [1.807, 2.05) is 12.1 Å². The Morgan fingerprint density at radius 3 is 2.76 bits per heavy atom. The molecule has 0 saturated carbocycles. The lowest BCUT2D eigenvalue weighted by Crippen LogP contribution is -2.28. The second-order valence-corrected chi connectivity index (χ2v) is 7.73. The molecule has 0 radical (unpaired) electrons. The van der Waals surface area contributed by atoms with Crippen LogP contribution in [0.2, 0.25) is 5.02 Å². The van der Waals surface area contributed by atoms with Crippen molar-refractivity contribution in [3.63, 3.8) is 0 Å². The Kier molecular flexibility index (Phi) is 5.12. The number of aromatic nitrogens is 1. The minimum absolute atomic E-state index is 0.0642. The van der Waals surface area contributed by atoms with E-state index < -0.39 is 0 Å². The number of halogens is 1. The standard InChI is InChI=1S/C20H18ClN5O2S/c1-23-17(22)16-18(27)25-29-19(16)24-14-5-2-11(3-6-14)20(28)26-9-8-12-10-13(21)4-7-15(12)26/h2-7,10,24H,8-9H2,1H3,(H2,22,23)(H,25,27). The van der Waals surface area contributed by atoms with E-state index in [0.29, 0.717) is 27.7 Å². The smallest absolute Gasteiger partial charge is 0.258 e. The number of hydrogen-bond donors (Lipinski definition) is 4. The van der Waals surface area contributed by atoms with E-state index in [2.05, 4.69) is 15.0 Å². The highest BCUT2D eigenvalue weighted by Gasteiger charge is 2.25. The zero-order valence-corrected chi connectivity index (χ0v) is 17.1. The molecule has 1 aliphatic rings. The van der Waals surface area contributed by atoms with Gasteiger partial charge >= 0.3 is 0 Å². The van der Waals surface area contributed by atoms with Gasteiger partial charge in [-0.25, -0.2) is 0 Å². The van der Waals surface area contributed by atoms with Crippen LogP contribution in [0, 0.1) is 5.41 Å². The van der Waals surface area contributed by atoms with Gasteiger partial charge in [-0.1, -0.05) is 11.6 Å². The summed E-state index contributed by atoms with van der Waals surface area (Å²) in [6.07, 6.45) is 0.788. The molecule has 1 aliphatic heterocycles. The number of nitrogens with one attached hydrogen (secondary N) is 3. The number of carbonyl (C=O) groups excluding carboxylic acids is 1. The van der Waals surface area contributed by atoms with Gasteiger partial charge in [0, 0.05) is 35.6 Å². The molecule has 9 heteroatoms. The molecule has 0 spiro atoms. The SMILES string of the molecule is CNC(=N)c1c(O)nsc1Nc1ccc(C(=O)N2CCc3cc(Cl)ccc32)cc1. The number of aromatic hydroxyl groups is 1. The topological polar surface area (TPSA) is 101 Å². The van der Waals surface area contributed by atoms with Crippen LogP contribution in [0.1, 0.15) is 21.5 Å². The number of rotatable bonds is 4. The van der Waals surface area contributed by atoms with Gasteiger partial charge in [0.05, 0.1) is 0 Å². The molecule has 0 bridgehead atoms. The van der Waals surface area contributed by atoms with Gasteiger partial charge in [-0.2, -0.15) is 4.37 Å². The molecule has 4 rings (SSSR count). The lowest BCUT2D eigenvalue weighted by molar-refractivity contribution is 0.0989. The third-order valence-electron chi connectivity index (χ3n) is 4.75. The summed E-state index contributed by atoms with van der Waals surface area (Å²) in [5.41, 5.74) is 3.59. The Bertz CT molecular complexity index is 1100. The van der Waals surface area contributed by atoms with Gasteiger partial charge in [-0.15, -0.1) is 0 Å². The molecule has 0 unspecified atom stereocenters. The van der Waals surface area contributed by atoms with Crippen LogP contribution in [0.5, 0.6) is 5.88 Å². The lowest BCUT2D eigenvalue weighted by atomic mass is 10.1. The number of benzene rings is 2. The van der Waals surface area contributed by atoms with Crippen molar-refractivity contribution in [3.8, 4) is 5.88 Å². The summed E-state index contributed by atoms with van der Waals surface area (Å²) < 4.78 is 3.89. The Morgan fingerprint density at radius 1 is 1.28 bits per heavy atom. The zero-order valence-electron chi connectivity index (χ0n) is 15.5. The number of fused-ring (bicyclic) bond motifs is 1. The molecule has 2 heterocycles. The molecule has 0 aliphatic carbocycles. The summed E-state index contributed by atoms with van der Waals surface area (Å²) >= 11 is 7.11. The molecule has 1 aromatic heterocycles. The van der Waals surface area contributed by atoms with E-state index in [1.165, 1.54) is 0 Å². The van der Waals surface area contributed by atoms with Gasteiger partial charge < -0.3 is 20.6 Å². The second-order valence-electron chi connectivity index (χ2n) is 6.52. The molecular weight excluding hydrogens is 410 g/mol. The quantitative estimate of drug-likeness (QED) is 0.372. The van der Waals surface area contributed by atoms with Crippen molar-refractivity contribution in [1.82, 2.24) is 9.69 Å². The molecule has 0 fully saturated rings. The molecule has 7 nitrogen and oxygen atoms in total. The van der Waals surface area contributed by atoms with Gasteiger partial charge in [0.1, 0.15) is 16.4 Å². The van der Waals surface area contributed by atoms with Crippen molar-refractivity contribution < 1.29 is 9.90 Å². The molecule has 4 N–H and O–H groups in total. The van der Waals surface area contributed by atoms with E-state index in [9.17, 15) is 9.90 Å². The number of nitrogens with zero attached hydrogens (tertiary/aromatic N) is 2. The highest BCUT2D eigenvalue weighted by molar-refractivity contribution is 7.11. The number of hydrogen-bond acceptors (Lipinski definition) is 6. The minimum Gasteiger partial charge on any atom is -0.492 e. The van der Waals surface area contributed by atoms with Crippen LogP contribution in [0.4, 0.5) is 16.4 Å². The van der Waals surface area contributed by atoms with E-state index in [-0.39, 0.29) is 17.6 Å². The Labute approximate surface area is 176 Å². The van der Waals surface area contributed by atoms with Gasteiger partial charge in [-0.3, -0.25) is 10.2 Å². The Morgan fingerprint density at radius 2 is 2.03 bits per heavy atom. The Balaban J connectivity index is 1.52. The minimum atomic E-state index is -0.198. The average Bonchev–Trinajstić information content (AvgIpc) is 3.30. The third kappa shape index (κ3) is 3.64. The van der Waals surface area contributed by atoms with Crippen molar-refractivity contribution in [2.45, 2.75) is 6.42 Å². The third-order valence-corrected chi connectivity index (χ3v) is 5.73. The van der Waals surface area contributed by atoms with E-state index in [0.717, 1.165) is 34.9 Å². The molecule has 29 heavy (non-hydrogen) atoms. The molecular formula is C20H18ClN5O2S. The summed E-state index contributed by atoms with van der Waals surface area (Å²) in [5, 5.41) is 24.8. The average molecular weight is 428 g/mol. The van der Waals surface area contributed by atoms with Crippen LogP contribution in [-0.4, -0.2) is 34.8 Å². The number of carbonyl (C=O) groups is 1. The fraction of sp³-hybridized carbons (Fsp3) is 0.150. The van der Waals surface area contributed by atoms with E-state index in [4.69, 9.17) is 17.0 Å². The molecule has 3 aromatic rings. The summed E-state index contributed by atoms with van der Waals surface area (Å²) in [7, 11) is 1.61. The monoisotopic (exact) mass is 427 g/mol. The molecule has 0 atom stereocenters. The lowest BCUT2D eigenvalue weighted by Gasteiger charge is -2.17. The van der Waals surface area contributed by atoms with Crippen LogP contribution in [0.15, 0.2) is 42.5 Å². The van der Waals surface area contributed by atoms with E-state index >= 15 is 0 Å². The first-order valence-electron chi connectivity index (χ1n) is 8.90. The van der Waals surface area contributed by atoms with Crippen molar-refractivity contribution in [3.05, 3.63) is 64.2 Å². The summed E-state index contributed by atoms with van der Waals surface area (Å²) in [5.74, 6) is -0.194. The zero-order chi connectivity index (χ0) is 20.5. The van der Waals surface area contributed by atoms with Crippen molar-refractivity contribution in [2.75, 3.05) is 23.8 Å². The van der Waals surface area contributed by atoms with Crippen LogP contribution in [0.25, 0.3) is 0 Å². The van der Waals surface area contributed by atoms with Crippen LogP contribution >= 0.6 is 23.1 Å². The second kappa shape index (κ2) is 7.73. The highest BCUT2D eigenvalue weighted by Crippen LogP contribution is 2.33.